The molecule has 1 atom stereocenters. The van der Waals surface area contributed by atoms with E-state index < -0.39 is 10.0 Å². The molecule has 1 aliphatic rings. The summed E-state index contributed by atoms with van der Waals surface area (Å²) in [5, 5.41) is 2.97. The Morgan fingerprint density at radius 1 is 1.13 bits per heavy atom. The summed E-state index contributed by atoms with van der Waals surface area (Å²) in [5.74, 6) is 0.757. The second-order valence-electron chi connectivity index (χ2n) is 7.70. The number of benzene rings is 2. The summed E-state index contributed by atoms with van der Waals surface area (Å²) in [7, 11) is -1.95. The van der Waals surface area contributed by atoms with E-state index in [4.69, 9.17) is 4.74 Å². The predicted molar refractivity (Wildman–Crippen MR) is 117 cm³/mol. The van der Waals surface area contributed by atoms with Gasteiger partial charge in [-0.15, -0.1) is 0 Å². The fourth-order valence-corrected chi connectivity index (χ4v) is 5.26. The maximum Gasteiger partial charge on any atom is 0.243 e. The average molecular weight is 431 g/mol. The van der Waals surface area contributed by atoms with Gasteiger partial charge in [0.15, 0.2) is 0 Å². The Bertz CT molecular complexity index is 954. The Morgan fingerprint density at radius 2 is 1.83 bits per heavy atom. The molecule has 1 fully saturated rings. The maximum atomic E-state index is 12.8. The van der Waals surface area contributed by atoms with Crippen molar-refractivity contribution in [2.45, 2.75) is 43.4 Å². The lowest BCUT2D eigenvalue weighted by Crippen LogP contribution is -2.28. The van der Waals surface area contributed by atoms with Gasteiger partial charge in [0.2, 0.25) is 15.9 Å². The molecule has 0 unspecified atom stereocenters. The van der Waals surface area contributed by atoms with Gasteiger partial charge in [0.05, 0.1) is 12.0 Å². The second-order valence-corrected chi connectivity index (χ2v) is 9.64. The molecular formula is C23H30N2O4S. The van der Waals surface area contributed by atoms with Crippen molar-refractivity contribution in [1.29, 1.82) is 0 Å². The van der Waals surface area contributed by atoms with E-state index in [1.807, 2.05) is 30.3 Å². The number of hydrogen-bond donors (Lipinski definition) is 1. The van der Waals surface area contributed by atoms with Crippen molar-refractivity contribution in [2.75, 3.05) is 26.7 Å². The van der Waals surface area contributed by atoms with Gasteiger partial charge in [-0.25, -0.2) is 8.42 Å². The fraction of sp³-hybridized carbons (Fsp3) is 0.435. The summed E-state index contributed by atoms with van der Waals surface area (Å²) >= 11 is 0. The van der Waals surface area contributed by atoms with E-state index in [-0.39, 0.29) is 23.1 Å². The molecule has 162 valence electrons. The third kappa shape index (κ3) is 5.40. The molecule has 1 amide bonds. The number of methoxy groups -OCH3 is 1. The molecule has 6 nitrogen and oxygen atoms in total. The van der Waals surface area contributed by atoms with Gasteiger partial charge in [-0.3, -0.25) is 4.79 Å². The molecule has 2 aromatic rings. The zero-order valence-corrected chi connectivity index (χ0v) is 18.5. The van der Waals surface area contributed by atoms with Gasteiger partial charge in [0, 0.05) is 26.1 Å². The molecule has 0 saturated carbocycles. The highest BCUT2D eigenvalue weighted by molar-refractivity contribution is 7.89. The van der Waals surface area contributed by atoms with E-state index >= 15 is 0 Å². The molecular weight excluding hydrogens is 400 g/mol. The van der Waals surface area contributed by atoms with Gasteiger partial charge in [-0.2, -0.15) is 4.31 Å². The first-order valence-electron chi connectivity index (χ1n) is 10.4. The normalized spacial score (nSPS) is 15.7. The van der Waals surface area contributed by atoms with Crippen molar-refractivity contribution < 1.29 is 17.9 Å². The zero-order valence-electron chi connectivity index (χ0n) is 17.6. The van der Waals surface area contributed by atoms with Crippen LogP contribution in [0, 0.1) is 0 Å². The summed E-state index contributed by atoms with van der Waals surface area (Å²) < 4.78 is 32.6. The molecule has 1 N–H and O–H groups in total. The van der Waals surface area contributed by atoms with Crippen LogP contribution in [0.4, 0.5) is 0 Å². The number of amides is 1. The van der Waals surface area contributed by atoms with E-state index in [0.29, 0.717) is 31.8 Å². The number of nitrogens with zero attached hydrogens (tertiary/aromatic N) is 1. The van der Waals surface area contributed by atoms with Crippen LogP contribution in [0.3, 0.4) is 0 Å². The summed E-state index contributed by atoms with van der Waals surface area (Å²) in [6.45, 7) is 3.76. The zero-order chi connectivity index (χ0) is 21.6. The largest absolute Gasteiger partial charge is 0.496 e. The lowest BCUT2D eigenvalue weighted by Gasteiger charge is -2.17. The maximum absolute atomic E-state index is 12.8. The van der Waals surface area contributed by atoms with Crippen LogP contribution in [0.25, 0.3) is 0 Å². The monoisotopic (exact) mass is 430 g/mol. The van der Waals surface area contributed by atoms with Crippen LogP contribution in [0.1, 0.15) is 43.2 Å². The minimum atomic E-state index is -3.50. The van der Waals surface area contributed by atoms with Crippen LogP contribution >= 0.6 is 0 Å². The molecule has 0 radical (unpaired) electrons. The molecule has 2 aromatic carbocycles. The van der Waals surface area contributed by atoms with Crippen molar-refractivity contribution in [2.24, 2.45) is 0 Å². The van der Waals surface area contributed by atoms with Gasteiger partial charge in [0.1, 0.15) is 5.75 Å². The molecule has 0 bridgehead atoms. The van der Waals surface area contributed by atoms with E-state index in [1.165, 1.54) is 9.87 Å². The quantitative estimate of drug-likeness (QED) is 0.662. The molecule has 7 heteroatoms. The van der Waals surface area contributed by atoms with E-state index in [1.54, 1.807) is 25.3 Å². The number of ether oxygens (including phenoxy) is 1. The Hall–Kier alpha value is -2.38. The van der Waals surface area contributed by atoms with Gasteiger partial charge in [-0.05, 0) is 54.5 Å². The summed E-state index contributed by atoms with van der Waals surface area (Å²) in [6.07, 6.45) is 2.47. The van der Waals surface area contributed by atoms with E-state index in [9.17, 15) is 13.2 Å². The molecule has 3 rings (SSSR count). The minimum absolute atomic E-state index is 0.0624. The molecule has 1 aliphatic heterocycles. The Morgan fingerprint density at radius 3 is 2.50 bits per heavy atom. The van der Waals surface area contributed by atoms with Crippen molar-refractivity contribution in [3.63, 3.8) is 0 Å². The van der Waals surface area contributed by atoms with Gasteiger partial charge in [-0.1, -0.05) is 37.3 Å². The highest BCUT2D eigenvalue weighted by atomic mass is 32.2. The summed E-state index contributed by atoms with van der Waals surface area (Å²) in [5.41, 5.74) is 1.91. The highest BCUT2D eigenvalue weighted by Crippen LogP contribution is 2.27. The van der Waals surface area contributed by atoms with Crippen LogP contribution in [-0.2, 0) is 21.2 Å². The molecule has 0 aromatic heterocycles. The lowest BCUT2D eigenvalue weighted by molar-refractivity contribution is -0.121. The smallest absolute Gasteiger partial charge is 0.243 e. The van der Waals surface area contributed by atoms with E-state index in [2.05, 4.69) is 12.2 Å². The third-order valence-electron chi connectivity index (χ3n) is 5.55. The van der Waals surface area contributed by atoms with Crippen LogP contribution in [0.5, 0.6) is 5.75 Å². The lowest BCUT2D eigenvalue weighted by atomic mass is 10.0. The van der Waals surface area contributed by atoms with Crippen LogP contribution < -0.4 is 10.1 Å². The van der Waals surface area contributed by atoms with E-state index in [0.717, 1.165) is 18.4 Å². The van der Waals surface area contributed by atoms with Crippen LogP contribution in [-0.4, -0.2) is 45.4 Å². The first-order chi connectivity index (χ1) is 14.4. The highest BCUT2D eigenvalue weighted by Gasteiger charge is 2.27. The van der Waals surface area contributed by atoms with Gasteiger partial charge < -0.3 is 10.1 Å². The van der Waals surface area contributed by atoms with Crippen molar-refractivity contribution >= 4 is 15.9 Å². The fourth-order valence-electron chi connectivity index (χ4n) is 3.69. The second kappa shape index (κ2) is 10.1. The first-order valence-corrected chi connectivity index (χ1v) is 11.8. The molecule has 0 spiro atoms. The van der Waals surface area contributed by atoms with Crippen LogP contribution in [0.2, 0.25) is 0 Å². The molecule has 1 saturated heterocycles. The number of sulfonamides is 1. The number of carbonyl (C=O) groups is 1. The molecule has 1 heterocycles. The number of hydrogen-bond acceptors (Lipinski definition) is 4. The van der Waals surface area contributed by atoms with Crippen molar-refractivity contribution in [1.82, 2.24) is 9.62 Å². The Kier molecular flexibility index (Phi) is 7.50. The number of nitrogens with one attached hydrogen (secondary N) is 1. The first kappa shape index (κ1) is 22.3. The number of aryl methyl sites for hydroxylation is 1. The molecule has 0 aliphatic carbocycles. The SMILES string of the molecule is COc1ccc(S(=O)(=O)N2CCCC2)cc1CCC(=O)NC[C@@H](C)c1ccccc1. The average Bonchev–Trinajstić information content (AvgIpc) is 3.32. The van der Waals surface area contributed by atoms with Gasteiger partial charge >= 0.3 is 0 Å². The minimum Gasteiger partial charge on any atom is -0.496 e. The molecule has 30 heavy (non-hydrogen) atoms. The third-order valence-corrected chi connectivity index (χ3v) is 7.44. The number of rotatable bonds is 9. The number of carbonyl (C=O) groups excluding carboxylic acids is 1. The Balaban J connectivity index is 1.61. The summed E-state index contributed by atoms with van der Waals surface area (Å²) in [6, 6.07) is 15.0. The standard InChI is InChI=1S/C23H30N2O4S/c1-18(19-8-4-3-5-9-19)17-24-23(26)13-10-20-16-21(11-12-22(20)29-2)30(27,28)25-14-6-7-15-25/h3-5,8-9,11-12,16,18H,6-7,10,13-15,17H2,1-2H3,(H,24,26)/t18-/m1/s1. The van der Waals surface area contributed by atoms with Crippen molar-refractivity contribution in [3.8, 4) is 5.75 Å². The van der Waals surface area contributed by atoms with Gasteiger partial charge in [0.25, 0.3) is 0 Å². The van der Waals surface area contributed by atoms with Crippen molar-refractivity contribution in [3.05, 3.63) is 59.7 Å². The Labute approximate surface area is 179 Å². The summed E-state index contributed by atoms with van der Waals surface area (Å²) in [4.78, 5) is 12.6. The predicted octanol–water partition coefficient (Wildman–Crippen LogP) is 3.33. The topological polar surface area (TPSA) is 75.7 Å². The van der Waals surface area contributed by atoms with Crippen LogP contribution in [0.15, 0.2) is 53.4 Å².